The molecule has 8 heteroatoms. The third kappa shape index (κ3) is 2.68. The summed E-state index contributed by atoms with van der Waals surface area (Å²) in [5.41, 5.74) is 1.53. The Kier molecular flexibility index (Phi) is 3.81. The van der Waals surface area contributed by atoms with Crippen molar-refractivity contribution in [2.24, 2.45) is 0 Å². The second kappa shape index (κ2) is 5.64. The van der Waals surface area contributed by atoms with Crippen molar-refractivity contribution in [3.8, 4) is 5.75 Å². The molecular weight excluding hydrogens is 306 g/mol. The third-order valence-electron chi connectivity index (χ3n) is 3.55. The Labute approximate surface area is 128 Å². The number of rotatable bonds is 4. The van der Waals surface area contributed by atoms with E-state index in [9.17, 15) is 13.2 Å². The highest BCUT2D eigenvalue weighted by Gasteiger charge is 2.34. The van der Waals surface area contributed by atoms with Crippen LogP contribution in [0.5, 0.6) is 5.75 Å². The van der Waals surface area contributed by atoms with E-state index in [4.69, 9.17) is 4.74 Å². The zero-order chi connectivity index (χ0) is 15.7. The van der Waals surface area contributed by atoms with Crippen molar-refractivity contribution in [1.82, 2.24) is 14.0 Å². The second-order valence-electron chi connectivity index (χ2n) is 5.02. The number of nitrogens with zero attached hydrogens (tertiary/aromatic N) is 2. The quantitative estimate of drug-likeness (QED) is 0.827. The van der Waals surface area contributed by atoms with E-state index in [0.717, 1.165) is 16.5 Å². The van der Waals surface area contributed by atoms with Crippen molar-refractivity contribution in [2.45, 2.75) is 12.6 Å². The van der Waals surface area contributed by atoms with Crippen LogP contribution in [0.3, 0.4) is 0 Å². The summed E-state index contributed by atoms with van der Waals surface area (Å²) in [6.45, 7) is 0.323. The number of ether oxygens (including phenoxy) is 1. The van der Waals surface area contributed by atoms with Crippen LogP contribution in [0.25, 0.3) is 10.9 Å². The van der Waals surface area contributed by atoms with E-state index in [1.165, 1.54) is 4.31 Å². The van der Waals surface area contributed by atoms with Crippen molar-refractivity contribution in [3.63, 3.8) is 0 Å². The summed E-state index contributed by atoms with van der Waals surface area (Å²) < 4.78 is 32.7. The average Bonchev–Trinajstić information content (AvgIpc) is 2.80. The van der Waals surface area contributed by atoms with Gasteiger partial charge in [0.05, 0.1) is 18.7 Å². The van der Waals surface area contributed by atoms with Gasteiger partial charge in [-0.3, -0.25) is 4.98 Å². The molecule has 1 aliphatic heterocycles. The van der Waals surface area contributed by atoms with Crippen LogP contribution >= 0.6 is 0 Å². The summed E-state index contributed by atoms with van der Waals surface area (Å²) in [7, 11) is -2.02. The van der Waals surface area contributed by atoms with Crippen molar-refractivity contribution in [2.75, 3.05) is 13.7 Å². The first-order chi connectivity index (χ1) is 10.5. The molecule has 1 N–H and O–H groups in total. The monoisotopic (exact) mass is 321 g/mol. The number of benzene rings is 1. The fourth-order valence-electron chi connectivity index (χ4n) is 2.49. The fourth-order valence-corrected chi connectivity index (χ4v) is 3.83. The summed E-state index contributed by atoms with van der Waals surface area (Å²) in [6, 6.07) is 6.58. The lowest BCUT2D eigenvalue weighted by molar-refractivity contribution is -0.109. The molecule has 1 aliphatic rings. The summed E-state index contributed by atoms with van der Waals surface area (Å²) >= 11 is 0. The number of pyridine rings is 1. The van der Waals surface area contributed by atoms with E-state index in [2.05, 4.69) is 9.71 Å². The molecule has 1 fully saturated rings. The van der Waals surface area contributed by atoms with Gasteiger partial charge < -0.3 is 9.53 Å². The van der Waals surface area contributed by atoms with Crippen LogP contribution < -0.4 is 9.46 Å². The van der Waals surface area contributed by atoms with Crippen LogP contribution in [0.1, 0.15) is 5.56 Å². The van der Waals surface area contributed by atoms with E-state index in [1.54, 1.807) is 19.4 Å². The zero-order valence-corrected chi connectivity index (χ0v) is 12.7. The van der Waals surface area contributed by atoms with E-state index >= 15 is 0 Å². The van der Waals surface area contributed by atoms with Crippen molar-refractivity contribution >= 4 is 27.4 Å². The van der Waals surface area contributed by atoms with Crippen molar-refractivity contribution in [3.05, 3.63) is 36.0 Å². The number of hydrogen-bond acceptors (Lipinski definition) is 5. The number of nitrogens with one attached hydrogen (secondary N) is 1. The SMILES string of the molecule is COc1ccnc2cc(CN3CC(C=O)NS3(=O)=O)ccc12. The van der Waals surface area contributed by atoms with Gasteiger partial charge in [0.15, 0.2) is 0 Å². The van der Waals surface area contributed by atoms with Crippen LogP contribution in [-0.2, 0) is 21.5 Å². The largest absolute Gasteiger partial charge is 0.496 e. The maximum absolute atomic E-state index is 11.9. The number of hydrogen-bond donors (Lipinski definition) is 1. The first-order valence-electron chi connectivity index (χ1n) is 6.68. The molecule has 0 saturated carbocycles. The van der Waals surface area contributed by atoms with Gasteiger partial charge in [-0.05, 0) is 23.8 Å². The minimum atomic E-state index is -3.61. The molecule has 2 aromatic rings. The molecule has 0 amide bonds. The predicted molar refractivity (Wildman–Crippen MR) is 80.6 cm³/mol. The molecule has 116 valence electrons. The van der Waals surface area contributed by atoms with Crippen LogP contribution in [0.15, 0.2) is 30.5 Å². The summed E-state index contributed by atoms with van der Waals surface area (Å²) in [6.07, 6.45) is 2.24. The smallest absolute Gasteiger partial charge is 0.280 e. The Morgan fingerprint density at radius 1 is 1.45 bits per heavy atom. The third-order valence-corrected chi connectivity index (χ3v) is 5.11. The Hall–Kier alpha value is -2.03. The van der Waals surface area contributed by atoms with Gasteiger partial charge in [-0.1, -0.05) is 6.07 Å². The van der Waals surface area contributed by atoms with Crippen LogP contribution in [0.4, 0.5) is 0 Å². The molecule has 0 bridgehead atoms. The highest BCUT2D eigenvalue weighted by atomic mass is 32.2. The lowest BCUT2D eigenvalue weighted by Crippen LogP contribution is -2.30. The molecule has 0 radical (unpaired) electrons. The maximum atomic E-state index is 11.9. The van der Waals surface area contributed by atoms with Gasteiger partial charge in [-0.2, -0.15) is 17.4 Å². The number of aldehydes is 1. The van der Waals surface area contributed by atoms with Crippen molar-refractivity contribution in [1.29, 1.82) is 0 Å². The molecule has 1 aromatic carbocycles. The molecule has 7 nitrogen and oxygen atoms in total. The summed E-state index contributed by atoms with van der Waals surface area (Å²) in [5.74, 6) is 0.716. The van der Waals surface area contributed by atoms with E-state index < -0.39 is 16.3 Å². The highest BCUT2D eigenvalue weighted by molar-refractivity contribution is 7.87. The van der Waals surface area contributed by atoms with E-state index in [1.807, 2.05) is 18.2 Å². The summed E-state index contributed by atoms with van der Waals surface area (Å²) in [4.78, 5) is 15.0. The molecule has 1 saturated heterocycles. The number of aromatic nitrogens is 1. The average molecular weight is 321 g/mol. The number of fused-ring (bicyclic) bond motifs is 1. The topological polar surface area (TPSA) is 88.6 Å². The first-order valence-corrected chi connectivity index (χ1v) is 8.12. The number of carbonyl (C=O) groups is 1. The predicted octanol–water partition coefficient (Wildman–Crippen LogP) is 0.461. The minimum absolute atomic E-state index is 0.134. The Morgan fingerprint density at radius 2 is 2.27 bits per heavy atom. The van der Waals surface area contributed by atoms with Crippen LogP contribution in [0, 0.1) is 0 Å². The molecule has 0 spiro atoms. The first kappa shape index (κ1) is 14.9. The Bertz CT molecular complexity index is 822. The molecule has 3 rings (SSSR count). The Balaban J connectivity index is 1.90. The molecule has 1 aromatic heterocycles. The van der Waals surface area contributed by atoms with Gasteiger partial charge in [0.2, 0.25) is 0 Å². The molecular formula is C14H15N3O4S. The molecule has 2 heterocycles. The zero-order valence-electron chi connectivity index (χ0n) is 11.9. The second-order valence-corrected chi connectivity index (χ2v) is 6.72. The normalized spacial score (nSPS) is 21.0. The number of carbonyl (C=O) groups excluding carboxylic acids is 1. The van der Waals surface area contributed by atoms with Crippen LogP contribution in [-0.4, -0.2) is 43.7 Å². The highest BCUT2D eigenvalue weighted by Crippen LogP contribution is 2.25. The van der Waals surface area contributed by atoms with Crippen LogP contribution in [0.2, 0.25) is 0 Å². The van der Waals surface area contributed by atoms with Gasteiger partial charge in [-0.25, -0.2) is 0 Å². The minimum Gasteiger partial charge on any atom is -0.496 e. The molecule has 1 unspecified atom stereocenters. The molecule has 1 atom stereocenters. The van der Waals surface area contributed by atoms with Gasteiger partial charge in [0, 0.05) is 24.7 Å². The Morgan fingerprint density at radius 3 is 2.95 bits per heavy atom. The standard InChI is InChI=1S/C14H15N3O4S/c1-21-14-4-5-15-13-6-10(2-3-12(13)14)7-17-8-11(9-18)16-22(17,19)20/h2-6,9,11,16H,7-8H2,1H3. The molecule has 0 aliphatic carbocycles. The lowest BCUT2D eigenvalue weighted by Gasteiger charge is -2.14. The fraction of sp³-hybridized carbons (Fsp3) is 0.286. The van der Waals surface area contributed by atoms with E-state index in [0.29, 0.717) is 12.0 Å². The van der Waals surface area contributed by atoms with Gasteiger partial charge >= 0.3 is 0 Å². The number of methoxy groups -OCH3 is 1. The van der Waals surface area contributed by atoms with E-state index in [-0.39, 0.29) is 13.1 Å². The van der Waals surface area contributed by atoms with Crippen molar-refractivity contribution < 1.29 is 17.9 Å². The van der Waals surface area contributed by atoms with Gasteiger partial charge in [-0.15, -0.1) is 0 Å². The van der Waals surface area contributed by atoms with Gasteiger partial charge in [0.1, 0.15) is 12.0 Å². The molecule has 22 heavy (non-hydrogen) atoms. The summed E-state index contributed by atoms with van der Waals surface area (Å²) in [5, 5.41) is 0.863. The van der Waals surface area contributed by atoms with Gasteiger partial charge in [0.25, 0.3) is 10.2 Å². The lowest BCUT2D eigenvalue weighted by atomic mass is 10.1. The maximum Gasteiger partial charge on any atom is 0.280 e.